The van der Waals surface area contributed by atoms with E-state index >= 15 is 0 Å². The molecule has 34 heavy (non-hydrogen) atoms. The summed E-state index contributed by atoms with van der Waals surface area (Å²) in [6.45, 7) is 6.18. The highest BCUT2D eigenvalue weighted by molar-refractivity contribution is 6.31. The Kier molecular flexibility index (Phi) is 8.08. The van der Waals surface area contributed by atoms with E-state index in [4.69, 9.17) is 33.5 Å². The lowest BCUT2D eigenvalue weighted by Gasteiger charge is -2.08. The molecule has 1 aromatic carbocycles. The lowest BCUT2D eigenvalue weighted by molar-refractivity contribution is -0.676. The van der Waals surface area contributed by atoms with Crippen LogP contribution in [0.2, 0.25) is 5.15 Å². The van der Waals surface area contributed by atoms with Crippen LogP contribution in [0.5, 0.6) is 5.75 Å². The van der Waals surface area contributed by atoms with E-state index in [2.05, 4.69) is 29.7 Å². The van der Waals surface area contributed by atoms with Gasteiger partial charge in [0.25, 0.3) is 17.6 Å². The molecule has 0 radical (unpaired) electrons. The summed E-state index contributed by atoms with van der Waals surface area (Å²) >= 11 is 5.90. The number of aromatic nitrogens is 4. The number of imidazole rings is 1. The van der Waals surface area contributed by atoms with E-state index in [9.17, 15) is 9.59 Å². The number of hydrogen-bond acceptors (Lipinski definition) is 8. The Morgan fingerprint density at radius 2 is 1.94 bits per heavy atom. The zero-order valence-corrected chi connectivity index (χ0v) is 19.9. The number of benzene rings is 1. The van der Waals surface area contributed by atoms with Crippen molar-refractivity contribution in [1.82, 2.24) is 25.2 Å². The maximum atomic E-state index is 12.7. The molecular formula is C21H29ClN9O3+. The van der Waals surface area contributed by atoms with Crippen molar-refractivity contribution in [2.75, 3.05) is 31.2 Å². The number of nitrogens with two attached hydrogens (primary N) is 3. The average molecular weight is 491 g/mol. The highest BCUT2D eigenvalue weighted by Crippen LogP contribution is 2.22. The second kappa shape index (κ2) is 11.0. The molecule has 0 unspecified atom stereocenters. The maximum Gasteiger partial charge on any atom is 0.277 e. The molecule has 0 fully saturated rings. The summed E-state index contributed by atoms with van der Waals surface area (Å²) in [5.74, 6) is 0.514. The minimum atomic E-state index is -0.519. The van der Waals surface area contributed by atoms with Gasteiger partial charge in [0.15, 0.2) is 40.1 Å². The first-order valence-corrected chi connectivity index (χ1v) is 11.2. The van der Waals surface area contributed by atoms with Crippen LogP contribution in [0.3, 0.4) is 0 Å². The highest BCUT2D eigenvalue weighted by atomic mass is 35.5. The summed E-state index contributed by atoms with van der Waals surface area (Å²) < 4.78 is 9.79. The zero-order chi connectivity index (χ0) is 24.8. The van der Waals surface area contributed by atoms with E-state index in [-0.39, 0.29) is 41.5 Å². The number of ether oxygens (including phenoxy) is 1. The number of carbonyl (C=O) groups excluding carboxylic acids is 2. The fourth-order valence-corrected chi connectivity index (χ4v) is 3.75. The first kappa shape index (κ1) is 25.0. The Labute approximate surface area is 201 Å². The quantitative estimate of drug-likeness (QED) is 0.245. The second-order valence-corrected chi connectivity index (χ2v) is 7.66. The van der Waals surface area contributed by atoms with Crippen molar-refractivity contribution in [2.45, 2.75) is 33.5 Å². The van der Waals surface area contributed by atoms with Crippen LogP contribution in [0.25, 0.3) is 11.0 Å². The number of fused-ring (bicyclic) bond motifs is 1. The van der Waals surface area contributed by atoms with E-state index in [1.165, 1.54) is 0 Å². The Morgan fingerprint density at radius 3 is 2.62 bits per heavy atom. The summed E-state index contributed by atoms with van der Waals surface area (Å²) in [5, 5.41) is 5.41. The average Bonchev–Trinajstić information content (AvgIpc) is 3.13. The Morgan fingerprint density at radius 1 is 1.18 bits per heavy atom. The van der Waals surface area contributed by atoms with Crippen LogP contribution in [-0.2, 0) is 24.4 Å². The van der Waals surface area contributed by atoms with E-state index in [0.29, 0.717) is 31.9 Å². The van der Waals surface area contributed by atoms with Crippen LogP contribution in [0.1, 0.15) is 30.2 Å². The molecule has 8 N–H and O–H groups in total. The molecule has 0 aliphatic heterocycles. The third-order valence-corrected chi connectivity index (χ3v) is 5.43. The summed E-state index contributed by atoms with van der Waals surface area (Å²) in [7, 11) is 0. The van der Waals surface area contributed by atoms with Gasteiger partial charge >= 0.3 is 0 Å². The number of aryl methyl sites for hydroxylation is 2. The number of halogens is 1. The predicted molar refractivity (Wildman–Crippen MR) is 128 cm³/mol. The first-order valence-electron chi connectivity index (χ1n) is 10.8. The molecule has 12 nitrogen and oxygen atoms in total. The van der Waals surface area contributed by atoms with Gasteiger partial charge in [-0.3, -0.25) is 9.59 Å². The predicted octanol–water partition coefficient (Wildman–Crippen LogP) is -0.0399. The lowest BCUT2D eigenvalue weighted by atomic mass is 10.3. The standard InChI is InChI=1S/C21H28ClN9O3/c1-3-30-13-6-5-12(34-11-15(32)26-8-7-23)9-14(13)31(4-2)16(30)10-27-21(33)17-19(24)29-20(25)18(22)28-17/h5-6,9H,3-4,7-8,10-11,23H2,1-2H3,(H5-,24,25,26,27,29,32,33)/p+1. The number of nitrogen functional groups attached to an aromatic ring is 2. The van der Waals surface area contributed by atoms with E-state index in [1.807, 2.05) is 26.0 Å². The van der Waals surface area contributed by atoms with Gasteiger partial charge in [0.2, 0.25) is 0 Å². The van der Waals surface area contributed by atoms with Gasteiger partial charge in [-0.1, -0.05) is 11.6 Å². The molecule has 2 aromatic heterocycles. The molecule has 13 heteroatoms. The zero-order valence-electron chi connectivity index (χ0n) is 19.1. The SMILES string of the molecule is CCn1c(CNC(=O)c2nc(Cl)c(N)nc2N)[n+](CC)c2ccc(OCC(=O)NCCN)cc21. The van der Waals surface area contributed by atoms with Crippen molar-refractivity contribution >= 4 is 46.1 Å². The molecule has 0 saturated carbocycles. The van der Waals surface area contributed by atoms with Gasteiger partial charge in [0, 0.05) is 19.2 Å². The number of nitrogens with one attached hydrogen (secondary N) is 2. The molecule has 0 atom stereocenters. The molecule has 0 aliphatic rings. The summed E-state index contributed by atoms with van der Waals surface area (Å²) in [6, 6.07) is 5.60. The van der Waals surface area contributed by atoms with E-state index in [1.54, 1.807) is 6.07 Å². The fraction of sp³-hybridized carbons (Fsp3) is 0.381. The van der Waals surface area contributed by atoms with Gasteiger partial charge in [-0.15, -0.1) is 0 Å². The third kappa shape index (κ3) is 5.29. The number of amides is 2. The molecule has 3 rings (SSSR count). The summed E-state index contributed by atoms with van der Waals surface area (Å²) in [4.78, 5) is 32.3. The molecule has 3 aromatic rings. The van der Waals surface area contributed by atoms with Gasteiger partial charge in [-0.05, 0) is 26.0 Å². The highest BCUT2D eigenvalue weighted by Gasteiger charge is 2.25. The monoisotopic (exact) mass is 490 g/mol. The van der Waals surface area contributed by atoms with Crippen LogP contribution in [0.4, 0.5) is 11.6 Å². The van der Waals surface area contributed by atoms with Gasteiger partial charge in [0.05, 0.1) is 13.1 Å². The molecule has 0 saturated heterocycles. The summed E-state index contributed by atoms with van der Waals surface area (Å²) in [6.07, 6.45) is 0. The third-order valence-electron chi connectivity index (χ3n) is 5.15. The molecule has 2 amide bonds. The van der Waals surface area contributed by atoms with Crippen LogP contribution < -0.4 is 37.1 Å². The Balaban J connectivity index is 1.85. The van der Waals surface area contributed by atoms with Crippen molar-refractivity contribution in [1.29, 1.82) is 0 Å². The van der Waals surface area contributed by atoms with Gasteiger partial charge in [-0.25, -0.2) is 19.1 Å². The molecular weight excluding hydrogens is 462 g/mol. The normalized spacial score (nSPS) is 10.9. The van der Waals surface area contributed by atoms with E-state index < -0.39 is 5.91 Å². The molecule has 2 heterocycles. The van der Waals surface area contributed by atoms with Crippen molar-refractivity contribution < 1.29 is 18.9 Å². The number of hydrogen-bond donors (Lipinski definition) is 5. The molecule has 0 aliphatic carbocycles. The smallest absolute Gasteiger partial charge is 0.277 e. The second-order valence-electron chi connectivity index (χ2n) is 7.30. The van der Waals surface area contributed by atoms with Crippen LogP contribution in [-0.4, -0.2) is 46.0 Å². The van der Waals surface area contributed by atoms with Crippen LogP contribution in [0.15, 0.2) is 18.2 Å². The van der Waals surface area contributed by atoms with Gasteiger partial charge in [0.1, 0.15) is 12.3 Å². The van der Waals surface area contributed by atoms with E-state index in [0.717, 1.165) is 16.9 Å². The Bertz CT molecular complexity index is 1210. The number of nitrogens with zero attached hydrogens (tertiary/aromatic N) is 4. The number of anilines is 2. The largest absolute Gasteiger partial charge is 0.484 e. The number of rotatable bonds is 10. The van der Waals surface area contributed by atoms with Gasteiger partial charge in [-0.2, -0.15) is 0 Å². The number of carbonyl (C=O) groups is 2. The Hall–Kier alpha value is -3.64. The van der Waals surface area contributed by atoms with Crippen LogP contribution >= 0.6 is 11.6 Å². The van der Waals surface area contributed by atoms with Gasteiger partial charge < -0.3 is 32.6 Å². The maximum absolute atomic E-state index is 12.7. The lowest BCUT2D eigenvalue weighted by Crippen LogP contribution is -2.40. The van der Waals surface area contributed by atoms with Crippen molar-refractivity contribution in [3.8, 4) is 5.75 Å². The minimum Gasteiger partial charge on any atom is -0.484 e. The summed E-state index contributed by atoms with van der Waals surface area (Å²) in [5.41, 5.74) is 18.5. The van der Waals surface area contributed by atoms with Crippen LogP contribution in [0, 0.1) is 0 Å². The molecule has 0 bridgehead atoms. The first-order chi connectivity index (χ1) is 16.3. The minimum absolute atomic E-state index is 0.0412. The van der Waals surface area contributed by atoms with Crippen molar-refractivity contribution in [3.05, 3.63) is 34.9 Å². The molecule has 182 valence electrons. The molecule has 0 spiro atoms. The fourth-order valence-electron chi connectivity index (χ4n) is 3.62. The topological polar surface area (TPSA) is 180 Å². The van der Waals surface area contributed by atoms with Crippen molar-refractivity contribution in [3.63, 3.8) is 0 Å². The van der Waals surface area contributed by atoms with Crippen molar-refractivity contribution in [2.24, 2.45) is 5.73 Å².